The first kappa shape index (κ1) is 29.8. The Balaban J connectivity index is 0.000000371. The molecule has 7 nitrogen and oxygen atoms in total. The van der Waals surface area contributed by atoms with E-state index in [1.54, 1.807) is 0 Å². The average Bonchev–Trinajstić information content (AvgIpc) is 2.92. The van der Waals surface area contributed by atoms with Crippen molar-refractivity contribution in [3.05, 3.63) is 117 Å². The van der Waals surface area contributed by atoms with Crippen molar-refractivity contribution >= 4 is 34.9 Å². The van der Waals surface area contributed by atoms with Crippen LogP contribution in [-0.4, -0.2) is 40.9 Å². The molecule has 0 atom stereocenters. The number of hydrogen-bond donors (Lipinski definition) is 3. The second-order valence-electron chi connectivity index (χ2n) is 9.58. The van der Waals surface area contributed by atoms with E-state index in [2.05, 4.69) is 43.4 Å². The number of aromatic carboxylic acids is 2. The van der Waals surface area contributed by atoms with E-state index in [1.165, 1.54) is 48.2 Å². The molecule has 40 heavy (non-hydrogen) atoms. The Bertz CT molecular complexity index is 1560. The number of benzene rings is 4. The maximum atomic E-state index is 12.8. The highest BCUT2D eigenvalue weighted by molar-refractivity contribution is 6.21. The minimum atomic E-state index is -1.33. The van der Waals surface area contributed by atoms with Gasteiger partial charge in [-0.05, 0) is 56.0 Å². The van der Waals surface area contributed by atoms with Crippen molar-refractivity contribution in [2.45, 2.75) is 40.0 Å². The molecule has 4 rings (SSSR count). The fourth-order valence-corrected chi connectivity index (χ4v) is 4.61. The van der Waals surface area contributed by atoms with Crippen LogP contribution in [0.3, 0.4) is 0 Å². The highest BCUT2D eigenvalue weighted by atomic mass is 16.4. The van der Waals surface area contributed by atoms with Gasteiger partial charge in [0.15, 0.2) is 6.29 Å². The molecule has 0 unspecified atom stereocenters. The van der Waals surface area contributed by atoms with E-state index in [4.69, 9.17) is 0 Å². The number of fused-ring (bicyclic) bond motifs is 1. The van der Waals surface area contributed by atoms with Gasteiger partial charge in [-0.3, -0.25) is 9.59 Å². The summed E-state index contributed by atoms with van der Waals surface area (Å²) in [5.74, 6) is -3.19. The maximum absolute atomic E-state index is 12.8. The molecule has 3 N–H and O–H groups in total. The number of rotatable bonds is 9. The van der Waals surface area contributed by atoms with Crippen LogP contribution in [0, 0.1) is 13.8 Å². The Hall–Kier alpha value is -4.78. The number of carboxylic acids is 2. The second kappa shape index (κ2) is 13.8. The van der Waals surface area contributed by atoms with Gasteiger partial charge in [0.25, 0.3) is 5.91 Å². The van der Waals surface area contributed by atoms with Crippen molar-refractivity contribution in [2.24, 2.45) is 0 Å². The predicted octanol–water partition coefficient (Wildman–Crippen LogP) is 6.28. The molecule has 0 saturated carbocycles. The van der Waals surface area contributed by atoms with Crippen molar-refractivity contribution in [1.82, 2.24) is 5.32 Å². The van der Waals surface area contributed by atoms with Gasteiger partial charge in [0.05, 0.1) is 11.1 Å². The van der Waals surface area contributed by atoms with E-state index >= 15 is 0 Å². The molecule has 4 aromatic carbocycles. The van der Waals surface area contributed by atoms with Gasteiger partial charge in [0.2, 0.25) is 0 Å². The van der Waals surface area contributed by atoms with E-state index < -0.39 is 17.8 Å². The Morgan fingerprint density at radius 2 is 1.25 bits per heavy atom. The van der Waals surface area contributed by atoms with Crippen molar-refractivity contribution in [3.63, 3.8) is 0 Å². The summed E-state index contributed by atoms with van der Waals surface area (Å²) in [6, 6.07) is 21.5. The summed E-state index contributed by atoms with van der Waals surface area (Å²) in [6.45, 7) is 6.62. The lowest BCUT2D eigenvalue weighted by molar-refractivity contribution is 0.0686. The summed E-state index contributed by atoms with van der Waals surface area (Å²) in [6.07, 6.45) is 3.47. The van der Waals surface area contributed by atoms with E-state index in [0.717, 1.165) is 11.1 Å². The fraction of sp³-hybridized carbons (Fsp3) is 0.212. The van der Waals surface area contributed by atoms with Crippen molar-refractivity contribution in [3.8, 4) is 0 Å². The average molecular weight is 540 g/mol. The standard InChI is InChI=1S/C23H19NO6.C10H14/c1-13-3-2-4-14(11-13)9-10-24-21(26)16-7-8-17(22(27)28)19-15(12-25)5-6-18(20(16)19)23(29)30;1-3-5-10-7-4-6-9(2)8-10/h2-8,11-12H,9-10H2,1H3,(H,24,26)(H,27,28)(H,29,30);4,6-8H,3,5H2,1-2H3. The fourth-order valence-electron chi connectivity index (χ4n) is 4.61. The third-order valence-corrected chi connectivity index (χ3v) is 6.43. The number of hydrogen-bond acceptors (Lipinski definition) is 4. The molecule has 0 aliphatic carbocycles. The zero-order chi connectivity index (χ0) is 29.2. The second-order valence-corrected chi connectivity index (χ2v) is 9.58. The smallest absolute Gasteiger partial charge is 0.336 e. The number of carboxylic acid groups (broad SMARTS) is 2. The number of aldehydes is 1. The molecular weight excluding hydrogens is 506 g/mol. The Labute approximate surface area is 233 Å². The van der Waals surface area contributed by atoms with Crippen molar-refractivity contribution in [2.75, 3.05) is 6.54 Å². The third kappa shape index (κ3) is 7.41. The molecule has 0 heterocycles. The highest BCUT2D eigenvalue weighted by Crippen LogP contribution is 2.30. The van der Waals surface area contributed by atoms with Gasteiger partial charge < -0.3 is 15.5 Å². The summed E-state index contributed by atoms with van der Waals surface area (Å²) in [5.41, 5.74) is 4.47. The molecule has 0 aliphatic rings. The number of carbonyl (C=O) groups is 4. The molecule has 0 spiro atoms. The van der Waals surface area contributed by atoms with Crippen LogP contribution in [0.1, 0.15) is 77.0 Å². The minimum absolute atomic E-state index is 0.000317. The quantitative estimate of drug-likeness (QED) is 0.215. The summed E-state index contributed by atoms with van der Waals surface area (Å²) >= 11 is 0. The van der Waals surface area contributed by atoms with Crippen LogP contribution in [0.4, 0.5) is 0 Å². The molecular formula is C33H33NO6. The molecule has 0 saturated heterocycles. The van der Waals surface area contributed by atoms with Crippen LogP contribution in [0.15, 0.2) is 72.8 Å². The van der Waals surface area contributed by atoms with E-state index in [1.807, 2.05) is 31.2 Å². The largest absolute Gasteiger partial charge is 0.478 e. The van der Waals surface area contributed by atoms with Gasteiger partial charge in [0, 0.05) is 28.4 Å². The number of nitrogens with one attached hydrogen (secondary N) is 1. The van der Waals surface area contributed by atoms with Gasteiger partial charge in [-0.1, -0.05) is 79.1 Å². The Kier molecular flexibility index (Phi) is 10.3. The summed E-state index contributed by atoms with van der Waals surface area (Å²) in [5, 5.41) is 21.7. The monoisotopic (exact) mass is 539 g/mol. The van der Waals surface area contributed by atoms with Gasteiger partial charge in [-0.15, -0.1) is 0 Å². The van der Waals surface area contributed by atoms with E-state index in [-0.39, 0.29) is 33.0 Å². The molecule has 7 heteroatoms. The molecule has 0 aliphatic heterocycles. The first-order valence-electron chi connectivity index (χ1n) is 13.1. The van der Waals surface area contributed by atoms with E-state index in [0.29, 0.717) is 19.3 Å². The lowest BCUT2D eigenvalue weighted by Crippen LogP contribution is -2.26. The van der Waals surface area contributed by atoms with Gasteiger partial charge >= 0.3 is 11.9 Å². The third-order valence-electron chi connectivity index (χ3n) is 6.43. The molecule has 0 aromatic heterocycles. The highest BCUT2D eigenvalue weighted by Gasteiger charge is 2.23. The van der Waals surface area contributed by atoms with E-state index in [9.17, 15) is 29.4 Å². The van der Waals surface area contributed by atoms with Crippen LogP contribution in [-0.2, 0) is 12.8 Å². The van der Waals surface area contributed by atoms with Crippen LogP contribution in [0.2, 0.25) is 0 Å². The summed E-state index contributed by atoms with van der Waals surface area (Å²) in [4.78, 5) is 47.7. The van der Waals surface area contributed by atoms with Gasteiger partial charge in [-0.25, -0.2) is 9.59 Å². The first-order valence-corrected chi connectivity index (χ1v) is 13.1. The first-order chi connectivity index (χ1) is 19.2. The number of aryl methyl sites for hydroxylation is 3. The van der Waals surface area contributed by atoms with Crippen LogP contribution >= 0.6 is 0 Å². The molecule has 206 valence electrons. The lowest BCUT2D eigenvalue weighted by Gasteiger charge is -2.14. The topological polar surface area (TPSA) is 121 Å². The lowest BCUT2D eigenvalue weighted by atomic mass is 9.91. The molecule has 0 fully saturated rings. The van der Waals surface area contributed by atoms with Gasteiger partial charge in [-0.2, -0.15) is 0 Å². The van der Waals surface area contributed by atoms with Gasteiger partial charge in [0.1, 0.15) is 0 Å². The van der Waals surface area contributed by atoms with Crippen molar-refractivity contribution < 1.29 is 29.4 Å². The van der Waals surface area contributed by atoms with Crippen molar-refractivity contribution in [1.29, 1.82) is 0 Å². The number of carbonyl (C=O) groups excluding carboxylic acids is 2. The zero-order valence-corrected chi connectivity index (χ0v) is 22.9. The number of amides is 1. The summed E-state index contributed by atoms with van der Waals surface area (Å²) in [7, 11) is 0. The minimum Gasteiger partial charge on any atom is -0.478 e. The summed E-state index contributed by atoms with van der Waals surface area (Å²) < 4.78 is 0. The predicted molar refractivity (Wildman–Crippen MR) is 156 cm³/mol. The normalized spacial score (nSPS) is 10.4. The van der Waals surface area contributed by atoms with Crippen LogP contribution < -0.4 is 5.32 Å². The Morgan fingerprint density at radius 1 is 0.725 bits per heavy atom. The maximum Gasteiger partial charge on any atom is 0.336 e. The molecule has 1 amide bonds. The zero-order valence-electron chi connectivity index (χ0n) is 22.9. The SMILES string of the molecule is CCCc1cccc(C)c1.Cc1cccc(CCNC(=O)c2ccc(C(=O)O)c3c(C=O)ccc(C(=O)O)c23)c1. The Morgan fingerprint density at radius 3 is 1.77 bits per heavy atom. The van der Waals surface area contributed by atoms with Crippen LogP contribution in [0.5, 0.6) is 0 Å². The molecule has 0 bridgehead atoms. The molecule has 0 radical (unpaired) electrons. The van der Waals surface area contributed by atoms with Crippen LogP contribution in [0.25, 0.3) is 10.8 Å². The molecule has 4 aromatic rings.